The summed E-state index contributed by atoms with van der Waals surface area (Å²) in [4.78, 5) is 22.5. The van der Waals surface area contributed by atoms with Crippen LogP contribution in [0.15, 0.2) is 0 Å². The van der Waals surface area contributed by atoms with E-state index >= 15 is 0 Å². The van der Waals surface area contributed by atoms with Crippen molar-refractivity contribution in [1.29, 1.82) is 0 Å². The van der Waals surface area contributed by atoms with Crippen LogP contribution in [0.3, 0.4) is 0 Å². The Morgan fingerprint density at radius 3 is 1.96 bits per heavy atom. The Morgan fingerprint density at radius 1 is 1.12 bits per heavy atom. The molecule has 1 atom stereocenters. The number of rotatable bonds is 7. The van der Waals surface area contributed by atoms with Crippen LogP contribution in [0.1, 0.15) is 61.3 Å². The van der Waals surface area contributed by atoms with Crippen molar-refractivity contribution in [2.45, 2.75) is 61.3 Å². The molecule has 0 saturated carbocycles. The molecule has 0 aromatic heterocycles. The first-order chi connectivity index (χ1) is 10.3. The number of ketones is 1. The van der Waals surface area contributed by atoms with Gasteiger partial charge in [0.15, 0.2) is 0 Å². The van der Waals surface area contributed by atoms with Crippen molar-refractivity contribution in [3.05, 3.63) is 13.8 Å². The average Bonchev–Trinajstić information content (AvgIpc) is 2.36. The van der Waals surface area contributed by atoms with Crippen molar-refractivity contribution in [3.8, 4) is 0 Å². The van der Waals surface area contributed by atoms with Crippen LogP contribution in [0.5, 0.6) is 0 Å². The van der Waals surface area contributed by atoms with Gasteiger partial charge in [0.05, 0.1) is 5.75 Å². The molecule has 0 aliphatic carbocycles. The van der Waals surface area contributed by atoms with Crippen LogP contribution in [0.25, 0.3) is 0 Å². The minimum Gasteiger partial charge on any atom is -0.356 e. The Hall–Kier alpha value is 0.594. The fraction of sp³-hybridized carbons (Fsp3) is 0.789. The summed E-state index contributed by atoms with van der Waals surface area (Å²) in [6.45, 7) is 22.5. The van der Waals surface area contributed by atoms with Gasteiger partial charge in [-0.15, -0.1) is 5.92 Å². The Kier molecular flexibility index (Phi) is 18.0. The van der Waals surface area contributed by atoms with Crippen LogP contribution in [0, 0.1) is 30.6 Å². The zero-order valence-corrected chi connectivity index (χ0v) is 20.5. The molecule has 24 heavy (non-hydrogen) atoms. The molecule has 0 bridgehead atoms. The first-order valence-electron chi connectivity index (χ1n) is 8.36. The van der Waals surface area contributed by atoms with Crippen molar-refractivity contribution in [2.24, 2.45) is 16.7 Å². The van der Waals surface area contributed by atoms with E-state index < -0.39 is 0 Å². The van der Waals surface area contributed by atoms with Gasteiger partial charge in [0, 0.05) is 44.7 Å². The van der Waals surface area contributed by atoms with Gasteiger partial charge in [-0.25, -0.2) is 0 Å². The average molecular weight is 432 g/mol. The predicted octanol–water partition coefficient (Wildman–Crippen LogP) is 4.57. The first kappa shape index (κ1) is 29.4. The maximum atomic E-state index is 11.8. The van der Waals surface area contributed by atoms with E-state index in [4.69, 9.17) is 0 Å². The number of hydrogen-bond donors (Lipinski definition) is 1. The molecule has 3 nitrogen and oxygen atoms in total. The van der Waals surface area contributed by atoms with Crippen molar-refractivity contribution in [1.82, 2.24) is 5.32 Å². The molecule has 0 aromatic carbocycles. The quantitative estimate of drug-likeness (QED) is 0.474. The number of thioether (sulfide) groups is 1. The second-order valence-electron chi connectivity index (χ2n) is 7.94. The number of amides is 1. The number of hydrogen-bond acceptors (Lipinski definition) is 3. The minimum atomic E-state index is -0.252. The van der Waals surface area contributed by atoms with Crippen LogP contribution in [0.2, 0.25) is 0 Å². The third-order valence-electron chi connectivity index (χ3n) is 2.86. The molecule has 5 heteroatoms. The number of nitrogens with one attached hydrogen (secondary N) is 1. The number of Topliss-reactive ketones (excluding diaryl/α,β-unsaturated/α-hetero) is 1. The summed E-state index contributed by atoms with van der Waals surface area (Å²) in [7, 11) is 0. The fourth-order valence-electron chi connectivity index (χ4n) is 1.96. The molecule has 0 spiro atoms. The van der Waals surface area contributed by atoms with Crippen molar-refractivity contribution in [3.63, 3.8) is 0 Å². The molecule has 1 unspecified atom stereocenters. The van der Waals surface area contributed by atoms with E-state index in [2.05, 4.69) is 39.9 Å². The van der Waals surface area contributed by atoms with Crippen molar-refractivity contribution < 1.29 is 42.3 Å². The zero-order chi connectivity index (χ0) is 18.7. The van der Waals surface area contributed by atoms with Crippen LogP contribution in [0.4, 0.5) is 0 Å². The third-order valence-corrected chi connectivity index (χ3v) is 3.91. The molecule has 1 radical (unpaired) electrons. The summed E-state index contributed by atoms with van der Waals surface area (Å²) in [5.41, 5.74) is -0.0645. The van der Waals surface area contributed by atoms with Gasteiger partial charge in [0.1, 0.15) is 5.78 Å². The maximum absolute atomic E-state index is 11.8. The molecule has 1 N–H and O–H groups in total. The van der Waals surface area contributed by atoms with Gasteiger partial charge in [-0.1, -0.05) is 48.0 Å². The van der Waals surface area contributed by atoms with E-state index in [1.807, 2.05) is 27.7 Å². The van der Waals surface area contributed by atoms with E-state index in [0.29, 0.717) is 5.75 Å². The normalized spacial score (nSPS) is 12.4. The van der Waals surface area contributed by atoms with E-state index in [9.17, 15) is 9.59 Å². The summed E-state index contributed by atoms with van der Waals surface area (Å²) in [5.74, 6) is 1.86. The Morgan fingerprint density at radius 2 is 1.62 bits per heavy atom. The van der Waals surface area contributed by atoms with Crippen molar-refractivity contribution in [2.75, 3.05) is 18.1 Å². The molecule has 0 saturated heterocycles. The Labute approximate surface area is 180 Å². The Balaban J connectivity index is -0.000000364. The smallest absolute Gasteiger partial charge is 0.229 e. The van der Waals surface area contributed by atoms with Gasteiger partial charge in [0.2, 0.25) is 5.91 Å². The van der Waals surface area contributed by atoms with E-state index in [1.54, 1.807) is 11.8 Å². The number of carbonyl (C=O) groups is 2. The standard InChI is InChI=1S/C12H23O.C7H14NOS.Y/c1-9(8-11(2,3)4)10(13)12(5,6)7;1-3-5-10-6-7(9)8-4-2;/h9H,1,8H2,2-7H3;1,3-6H2,2H3,(H,8,9);/q2*-1;. The maximum Gasteiger partial charge on any atom is 0.229 e. The minimum absolute atomic E-state index is 0. The van der Waals surface area contributed by atoms with Crippen molar-refractivity contribution >= 4 is 23.5 Å². The first-order valence-corrected chi connectivity index (χ1v) is 9.51. The molecule has 0 heterocycles. The second-order valence-corrected chi connectivity index (χ2v) is 9.04. The summed E-state index contributed by atoms with van der Waals surface area (Å²) in [6.07, 6.45) is 1.76. The van der Waals surface area contributed by atoms with E-state index in [0.717, 1.165) is 25.1 Å². The van der Waals surface area contributed by atoms with Crippen LogP contribution >= 0.6 is 11.8 Å². The van der Waals surface area contributed by atoms with Gasteiger partial charge in [-0.2, -0.15) is 18.2 Å². The summed E-state index contributed by atoms with van der Waals surface area (Å²) in [6, 6.07) is 0. The molecule has 141 valence electrons. The number of carbonyl (C=O) groups excluding carboxylic acids is 2. The van der Waals surface area contributed by atoms with Gasteiger partial charge < -0.3 is 24.0 Å². The Bertz CT molecular complexity index is 346. The molecular formula is C19H37NO2SY-2. The van der Waals surface area contributed by atoms with E-state index in [-0.39, 0.29) is 61.1 Å². The second kappa shape index (κ2) is 14.7. The monoisotopic (exact) mass is 432 g/mol. The van der Waals surface area contributed by atoms with Gasteiger partial charge in [0.25, 0.3) is 0 Å². The summed E-state index contributed by atoms with van der Waals surface area (Å²) in [5, 5.41) is 2.72. The topological polar surface area (TPSA) is 46.2 Å². The molecule has 0 aliphatic rings. The molecule has 0 aromatic rings. The van der Waals surface area contributed by atoms with Gasteiger partial charge in [-0.3, -0.25) is 4.79 Å². The summed E-state index contributed by atoms with van der Waals surface area (Å²) < 4.78 is 0. The molecular weight excluding hydrogens is 395 g/mol. The zero-order valence-electron chi connectivity index (χ0n) is 16.8. The SMILES string of the molecule is [CH2-]C(CC(C)(C)C)C(=O)C(C)(C)C.[CH2-]CCSCC(=O)NCC.[Y]. The van der Waals surface area contributed by atoms with E-state index in [1.165, 1.54) is 0 Å². The van der Waals surface area contributed by atoms with Crippen LogP contribution in [-0.2, 0) is 42.3 Å². The third kappa shape index (κ3) is 18.9. The largest absolute Gasteiger partial charge is 0.356 e. The van der Waals surface area contributed by atoms with Gasteiger partial charge in [-0.05, 0) is 18.1 Å². The molecule has 0 aliphatic heterocycles. The fourth-order valence-corrected chi connectivity index (χ4v) is 2.60. The van der Waals surface area contributed by atoms with Crippen LogP contribution < -0.4 is 5.32 Å². The van der Waals surface area contributed by atoms with Crippen LogP contribution in [-0.4, -0.2) is 29.7 Å². The molecule has 0 rings (SSSR count). The van der Waals surface area contributed by atoms with Gasteiger partial charge >= 0.3 is 0 Å². The molecule has 0 fully saturated rings. The predicted molar refractivity (Wildman–Crippen MR) is 103 cm³/mol. The molecule has 1 amide bonds. The summed E-state index contributed by atoms with van der Waals surface area (Å²) >= 11 is 1.63.